The number of nitrogens with zero attached hydrogens (tertiary/aromatic N) is 2. The van der Waals surface area contributed by atoms with Gasteiger partial charge in [0.2, 0.25) is 0 Å². The Morgan fingerprint density at radius 2 is 0.590 bits per heavy atom. The number of unbranched alkanes of at least 4 members (excludes halogenated alkanes) is 25. The van der Waals surface area contributed by atoms with Crippen molar-refractivity contribution >= 4 is 0 Å². The van der Waals surface area contributed by atoms with Crippen LogP contribution in [0.25, 0.3) is 0 Å². The van der Waals surface area contributed by atoms with Crippen molar-refractivity contribution in [2.75, 3.05) is 13.1 Å². The second-order valence-electron chi connectivity index (χ2n) is 12.9. The lowest BCUT2D eigenvalue weighted by atomic mass is 10.0. The predicted octanol–water partition coefficient (Wildman–Crippen LogP) is 12.8. The Hall–Kier alpha value is -0.660. The normalized spacial score (nSPS) is 15.2. The van der Waals surface area contributed by atoms with Gasteiger partial charge in [0, 0.05) is 25.5 Å². The summed E-state index contributed by atoms with van der Waals surface area (Å²) in [5.41, 5.74) is 0. The third-order valence-corrected chi connectivity index (χ3v) is 9.07. The van der Waals surface area contributed by atoms with Crippen molar-refractivity contribution < 1.29 is 0 Å². The lowest BCUT2D eigenvalue weighted by molar-refractivity contribution is 0.136. The highest BCUT2D eigenvalue weighted by Gasteiger charge is 2.24. The van der Waals surface area contributed by atoms with E-state index in [2.05, 4.69) is 43.0 Å². The second kappa shape index (κ2) is 28.9. The Morgan fingerprint density at radius 1 is 0.333 bits per heavy atom. The molecular formula is C37H74N2. The third kappa shape index (κ3) is 21.7. The zero-order chi connectivity index (χ0) is 28.1. The van der Waals surface area contributed by atoms with E-state index in [1.54, 1.807) is 0 Å². The molecule has 1 aliphatic rings. The lowest BCUT2D eigenvalue weighted by Gasteiger charge is -2.33. The van der Waals surface area contributed by atoms with Crippen LogP contribution in [-0.4, -0.2) is 29.1 Å². The van der Waals surface area contributed by atoms with Crippen LogP contribution in [-0.2, 0) is 0 Å². The van der Waals surface area contributed by atoms with Gasteiger partial charge in [-0.2, -0.15) is 0 Å². The van der Waals surface area contributed by atoms with E-state index < -0.39 is 0 Å². The summed E-state index contributed by atoms with van der Waals surface area (Å²) in [6.07, 6.45) is 47.0. The van der Waals surface area contributed by atoms with Crippen molar-refractivity contribution in [2.24, 2.45) is 0 Å². The Labute approximate surface area is 248 Å². The van der Waals surface area contributed by atoms with Crippen molar-refractivity contribution in [1.82, 2.24) is 9.80 Å². The van der Waals surface area contributed by atoms with Crippen LogP contribution in [0.3, 0.4) is 0 Å². The van der Waals surface area contributed by atoms with Crippen molar-refractivity contribution in [2.45, 2.75) is 213 Å². The second-order valence-corrected chi connectivity index (χ2v) is 12.9. The van der Waals surface area contributed by atoms with Gasteiger partial charge in [-0.05, 0) is 25.7 Å². The largest absolute Gasteiger partial charge is 0.356 e. The molecule has 0 saturated heterocycles. The molecular weight excluding hydrogens is 472 g/mol. The van der Waals surface area contributed by atoms with Gasteiger partial charge in [0.1, 0.15) is 6.17 Å². The van der Waals surface area contributed by atoms with Crippen molar-refractivity contribution in [3.63, 3.8) is 0 Å². The molecule has 1 rings (SSSR count). The molecule has 0 aromatic rings. The summed E-state index contributed by atoms with van der Waals surface area (Å²) < 4.78 is 0. The van der Waals surface area contributed by atoms with Gasteiger partial charge < -0.3 is 9.80 Å². The van der Waals surface area contributed by atoms with Crippen LogP contribution in [0.4, 0.5) is 0 Å². The fourth-order valence-corrected chi connectivity index (χ4v) is 6.35. The van der Waals surface area contributed by atoms with Gasteiger partial charge in [0.05, 0.1) is 0 Å². The minimum Gasteiger partial charge on any atom is -0.356 e. The maximum atomic E-state index is 2.68. The highest BCUT2D eigenvalue weighted by molar-refractivity contribution is 4.96. The summed E-state index contributed by atoms with van der Waals surface area (Å²) in [5, 5.41) is 0. The number of rotatable bonds is 31. The Balaban J connectivity index is 2.00. The molecule has 0 spiro atoms. The standard InChI is InChI=1S/C37H74N2/c1-4-7-10-12-14-16-18-19-20-21-23-25-27-29-31-34-39-36-35-38(37(39)32-9-6-3)33-30-28-26-24-22-17-15-13-11-8-5-2/h35-37H,4-34H2,1-3H3. The van der Waals surface area contributed by atoms with E-state index in [0.717, 1.165) is 0 Å². The summed E-state index contributed by atoms with van der Waals surface area (Å²) in [6.45, 7) is 9.48. The average Bonchev–Trinajstić information content (AvgIpc) is 3.33. The van der Waals surface area contributed by atoms with Crippen LogP contribution in [0.1, 0.15) is 207 Å². The smallest absolute Gasteiger partial charge is 0.101 e. The van der Waals surface area contributed by atoms with Crippen LogP contribution in [0.5, 0.6) is 0 Å². The lowest BCUT2D eigenvalue weighted by Crippen LogP contribution is -2.39. The predicted molar refractivity (Wildman–Crippen MR) is 177 cm³/mol. The summed E-state index contributed by atoms with van der Waals surface area (Å²) in [4.78, 5) is 5.35. The molecule has 2 heteroatoms. The zero-order valence-corrected chi connectivity index (χ0v) is 27.5. The van der Waals surface area contributed by atoms with Gasteiger partial charge >= 0.3 is 0 Å². The first-order valence-electron chi connectivity index (χ1n) is 18.5. The molecule has 0 fully saturated rings. The minimum absolute atomic E-state index is 0.639. The van der Waals surface area contributed by atoms with E-state index in [-0.39, 0.29) is 0 Å². The van der Waals surface area contributed by atoms with E-state index >= 15 is 0 Å². The molecule has 0 aromatic carbocycles. The topological polar surface area (TPSA) is 6.48 Å². The van der Waals surface area contributed by atoms with Crippen LogP contribution < -0.4 is 0 Å². The summed E-state index contributed by atoms with van der Waals surface area (Å²) in [5.74, 6) is 0. The molecule has 2 nitrogen and oxygen atoms in total. The first-order valence-corrected chi connectivity index (χ1v) is 18.5. The molecule has 0 amide bonds. The van der Waals surface area contributed by atoms with Crippen LogP contribution in [0.2, 0.25) is 0 Å². The molecule has 0 saturated carbocycles. The molecule has 0 N–H and O–H groups in total. The monoisotopic (exact) mass is 547 g/mol. The molecule has 1 heterocycles. The molecule has 0 aromatic heterocycles. The van der Waals surface area contributed by atoms with Crippen molar-refractivity contribution in [3.05, 3.63) is 12.4 Å². The van der Waals surface area contributed by atoms with Crippen LogP contribution >= 0.6 is 0 Å². The first-order chi connectivity index (χ1) is 19.3. The summed E-state index contributed by atoms with van der Waals surface area (Å²) in [6, 6.07) is 0. The fraction of sp³-hybridized carbons (Fsp3) is 0.946. The Bertz CT molecular complexity index is 502. The quantitative estimate of drug-likeness (QED) is 0.0798. The number of hydrogen-bond donors (Lipinski definition) is 0. The summed E-state index contributed by atoms with van der Waals surface area (Å²) >= 11 is 0. The van der Waals surface area contributed by atoms with Gasteiger partial charge in [-0.25, -0.2) is 0 Å². The van der Waals surface area contributed by atoms with Gasteiger partial charge in [-0.15, -0.1) is 0 Å². The third-order valence-electron chi connectivity index (χ3n) is 9.07. The minimum atomic E-state index is 0.639. The van der Waals surface area contributed by atoms with Crippen LogP contribution in [0, 0.1) is 0 Å². The molecule has 0 radical (unpaired) electrons. The van der Waals surface area contributed by atoms with Gasteiger partial charge in [0.25, 0.3) is 0 Å². The summed E-state index contributed by atoms with van der Waals surface area (Å²) in [7, 11) is 0. The highest BCUT2D eigenvalue weighted by Crippen LogP contribution is 2.23. The molecule has 1 atom stereocenters. The zero-order valence-electron chi connectivity index (χ0n) is 27.5. The molecule has 39 heavy (non-hydrogen) atoms. The maximum absolute atomic E-state index is 2.68. The van der Waals surface area contributed by atoms with Gasteiger partial charge in [-0.3, -0.25) is 0 Å². The molecule has 232 valence electrons. The van der Waals surface area contributed by atoms with E-state index in [9.17, 15) is 0 Å². The SMILES string of the molecule is CCCCCCCCCCCCCCCCCN1C=CN(CCCCCCCCCCCCC)C1CCCC. The molecule has 0 bridgehead atoms. The molecule has 1 aliphatic heterocycles. The average molecular weight is 547 g/mol. The molecule has 0 aliphatic carbocycles. The van der Waals surface area contributed by atoms with E-state index in [1.807, 2.05) is 0 Å². The van der Waals surface area contributed by atoms with Gasteiger partial charge in [-0.1, -0.05) is 181 Å². The fourth-order valence-electron chi connectivity index (χ4n) is 6.35. The Kier molecular flexibility index (Phi) is 26.9. The highest BCUT2D eigenvalue weighted by atomic mass is 15.4. The van der Waals surface area contributed by atoms with E-state index in [1.165, 1.54) is 199 Å². The van der Waals surface area contributed by atoms with Crippen LogP contribution in [0.15, 0.2) is 12.4 Å². The molecule has 1 unspecified atom stereocenters. The van der Waals surface area contributed by atoms with Gasteiger partial charge in [0.15, 0.2) is 0 Å². The first kappa shape index (κ1) is 36.4. The maximum Gasteiger partial charge on any atom is 0.101 e. The Morgan fingerprint density at radius 3 is 0.872 bits per heavy atom. The van der Waals surface area contributed by atoms with Crippen molar-refractivity contribution in [1.29, 1.82) is 0 Å². The van der Waals surface area contributed by atoms with Crippen molar-refractivity contribution in [3.8, 4) is 0 Å². The number of hydrogen-bond acceptors (Lipinski definition) is 2. The van der Waals surface area contributed by atoms with E-state index in [4.69, 9.17) is 0 Å². The van der Waals surface area contributed by atoms with E-state index in [0.29, 0.717) is 6.17 Å².